The summed E-state index contributed by atoms with van der Waals surface area (Å²) in [6.45, 7) is 1.43. The van der Waals surface area contributed by atoms with Crippen molar-refractivity contribution < 1.29 is 24.0 Å². The first-order valence-corrected chi connectivity index (χ1v) is 11.0. The molecule has 28 heavy (non-hydrogen) atoms. The molecule has 1 aromatic carbocycles. The molecule has 0 radical (unpaired) electrons. The number of carbonyl (C=O) groups is 3. The minimum atomic E-state index is -0.573. The second-order valence-corrected chi connectivity index (χ2v) is 8.24. The second kappa shape index (κ2) is 9.83. The van der Waals surface area contributed by atoms with Crippen molar-refractivity contribution in [2.45, 2.75) is 25.6 Å². The quantitative estimate of drug-likeness (QED) is 0.407. The molecule has 2 aliphatic rings. The van der Waals surface area contributed by atoms with Gasteiger partial charge in [-0.3, -0.25) is 9.69 Å². The van der Waals surface area contributed by atoms with Crippen molar-refractivity contribution in [3.05, 3.63) is 35.9 Å². The predicted molar refractivity (Wildman–Crippen MR) is 108 cm³/mol. The van der Waals surface area contributed by atoms with Gasteiger partial charge in [0.25, 0.3) is 0 Å². The lowest BCUT2D eigenvalue weighted by Crippen LogP contribution is -2.51. The van der Waals surface area contributed by atoms with E-state index in [0.29, 0.717) is 23.3 Å². The summed E-state index contributed by atoms with van der Waals surface area (Å²) in [7, 11) is 0. The number of hydrogen-bond acceptors (Lipinski definition) is 8. The maximum absolute atomic E-state index is 13.0. The van der Waals surface area contributed by atoms with Crippen LogP contribution in [0.3, 0.4) is 0 Å². The van der Waals surface area contributed by atoms with Gasteiger partial charge in [0.1, 0.15) is 12.6 Å². The van der Waals surface area contributed by atoms with E-state index < -0.39 is 18.1 Å². The number of amides is 2. The van der Waals surface area contributed by atoms with Crippen molar-refractivity contribution in [3.8, 4) is 0 Å². The first-order chi connectivity index (χ1) is 13.6. The number of thioether (sulfide) groups is 2. The minimum Gasteiger partial charge on any atom is -0.445 e. The molecule has 2 saturated heterocycles. The Hall–Kier alpha value is -2.20. The molecule has 0 spiro atoms. The van der Waals surface area contributed by atoms with Crippen molar-refractivity contribution in [3.63, 3.8) is 0 Å². The van der Waals surface area contributed by atoms with E-state index in [0.717, 1.165) is 5.56 Å². The van der Waals surface area contributed by atoms with Crippen LogP contribution in [0.15, 0.2) is 35.5 Å². The topological polar surface area (TPSA) is 88.5 Å². The fourth-order valence-electron chi connectivity index (χ4n) is 2.80. The summed E-state index contributed by atoms with van der Waals surface area (Å²) >= 11 is 3.10. The third kappa shape index (κ3) is 5.20. The fraction of sp³-hybridized carbons (Fsp3) is 0.444. The summed E-state index contributed by atoms with van der Waals surface area (Å²) < 4.78 is 5.39. The van der Waals surface area contributed by atoms with Gasteiger partial charge in [-0.15, -0.1) is 23.5 Å². The summed E-state index contributed by atoms with van der Waals surface area (Å²) in [4.78, 5) is 44.1. The molecule has 0 aliphatic carbocycles. The van der Waals surface area contributed by atoms with Gasteiger partial charge in [0.15, 0.2) is 0 Å². The highest BCUT2D eigenvalue weighted by Gasteiger charge is 2.41. The first kappa shape index (κ1) is 20.5. The lowest BCUT2D eigenvalue weighted by Gasteiger charge is -2.28. The molecule has 0 unspecified atom stereocenters. The third-order valence-electron chi connectivity index (χ3n) is 4.22. The normalized spacial score (nSPS) is 21.9. The smallest absolute Gasteiger partial charge is 0.411 e. The molecule has 2 fully saturated rings. The van der Waals surface area contributed by atoms with E-state index >= 15 is 0 Å². The molecule has 2 atom stereocenters. The van der Waals surface area contributed by atoms with Crippen LogP contribution in [-0.2, 0) is 25.8 Å². The number of nitrogens with zero attached hydrogens (tertiary/aromatic N) is 3. The van der Waals surface area contributed by atoms with Gasteiger partial charge in [-0.2, -0.15) is 0 Å². The van der Waals surface area contributed by atoms with Crippen LogP contribution in [0.5, 0.6) is 0 Å². The monoisotopic (exact) mass is 423 g/mol. The van der Waals surface area contributed by atoms with Crippen LogP contribution < -0.4 is 0 Å². The van der Waals surface area contributed by atoms with Crippen LogP contribution >= 0.6 is 23.5 Å². The van der Waals surface area contributed by atoms with Crippen LogP contribution in [0.1, 0.15) is 12.5 Å². The van der Waals surface area contributed by atoms with E-state index in [1.54, 1.807) is 16.7 Å². The second-order valence-electron chi connectivity index (χ2n) is 6.24. The van der Waals surface area contributed by atoms with Gasteiger partial charge in [-0.1, -0.05) is 35.5 Å². The van der Waals surface area contributed by atoms with Gasteiger partial charge in [0.2, 0.25) is 5.91 Å². The molecule has 0 N–H and O–H groups in total. The Balaban J connectivity index is 1.59. The Morgan fingerprint density at radius 2 is 1.86 bits per heavy atom. The zero-order valence-electron chi connectivity index (χ0n) is 15.4. The molecule has 2 aliphatic heterocycles. The highest BCUT2D eigenvalue weighted by atomic mass is 32.2. The molecule has 3 rings (SSSR count). The molecule has 0 bridgehead atoms. The Morgan fingerprint density at radius 1 is 1.14 bits per heavy atom. The Labute approximate surface area is 171 Å². The standard InChI is InChI=1S/C18H21N3O5S2/c1-13(22)26-19-7-15-9-27-11-20(15)17(23)16-10-28-12-21(16)18(24)25-8-14-5-3-2-4-6-14/h2-7,15-16H,8-12H2,1H3/t15-,16+/m1/s1. The van der Waals surface area contributed by atoms with E-state index in [1.807, 2.05) is 30.3 Å². The number of rotatable bonds is 5. The number of oxime groups is 1. The number of benzene rings is 1. The van der Waals surface area contributed by atoms with Crippen LogP contribution in [0.2, 0.25) is 0 Å². The minimum absolute atomic E-state index is 0.147. The molecule has 2 amide bonds. The maximum Gasteiger partial charge on any atom is 0.411 e. The van der Waals surface area contributed by atoms with Gasteiger partial charge in [-0.25, -0.2) is 9.59 Å². The van der Waals surface area contributed by atoms with Gasteiger partial charge in [0, 0.05) is 18.4 Å². The van der Waals surface area contributed by atoms with E-state index in [1.165, 1.54) is 29.8 Å². The largest absolute Gasteiger partial charge is 0.445 e. The first-order valence-electron chi connectivity index (χ1n) is 8.70. The van der Waals surface area contributed by atoms with Gasteiger partial charge in [-0.05, 0) is 5.56 Å². The third-order valence-corrected chi connectivity index (χ3v) is 6.27. The van der Waals surface area contributed by atoms with Gasteiger partial charge < -0.3 is 14.5 Å². The predicted octanol–water partition coefficient (Wildman–Crippen LogP) is 2.15. The van der Waals surface area contributed by atoms with Gasteiger partial charge in [0.05, 0.1) is 24.0 Å². The van der Waals surface area contributed by atoms with Gasteiger partial charge >= 0.3 is 12.1 Å². The highest BCUT2D eigenvalue weighted by molar-refractivity contribution is 7.99. The number of hydrogen-bond donors (Lipinski definition) is 0. The summed E-state index contributed by atoms with van der Waals surface area (Å²) in [6.07, 6.45) is 0.962. The van der Waals surface area contributed by atoms with Crippen LogP contribution in [-0.4, -0.2) is 69.3 Å². The van der Waals surface area contributed by atoms with E-state index in [-0.39, 0.29) is 18.6 Å². The zero-order valence-corrected chi connectivity index (χ0v) is 17.0. The zero-order chi connectivity index (χ0) is 19.9. The summed E-state index contributed by atoms with van der Waals surface area (Å²) in [5.41, 5.74) is 0.892. The summed E-state index contributed by atoms with van der Waals surface area (Å²) in [5.74, 6) is 1.44. The average Bonchev–Trinajstić information content (AvgIpc) is 3.36. The number of carbonyl (C=O) groups excluding carboxylic acids is 3. The molecular weight excluding hydrogens is 402 g/mol. The summed E-state index contributed by atoms with van der Waals surface area (Å²) in [6, 6.07) is 8.56. The molecule has 0 aromatic heterocycles. The van der Waals surface area contributed by atoms with Crippen LogP contribution in [0, 0.1) is 0 Å². The molecule has 2 heterocycles. The van der Waals surface area contributed by atoms with Crippen molar-refractivity contribution in [1.82, 2.24) is 9.80 Å². The average molecular weight is 424 g/mol. The highest BCUT2D eigenvalue weighted by Crippen LogP contribution is 2.27. The lowest BCUT2D eigenvalue weighted by molar-refractivity contribution is -0.140. The van der Waals surface area contributed by atoms with Crippen LogP contribution in [0.25, 0.3) is 0 Å². The van der Waals surface area contributed by atoms with E-state index in [4.69, 9.17) is 4.74 Å². The summed E-state index contributed by atoms with van der Waals surface area (Å²) in [5, 5.41) is 3.64. The van der Waals surface area contributed by atoms with Crippen molar-refractivity contribution in [2.75, 3.05) is 23.3 Å². The van der Waals surface area contributed by atoms with Crippen molar-refractivity contribution >= 4 is 47.7 Å². The molecule has 10 heteroatoms. The number of ether oxygens (including phenoxy) is 1. The molecule has 8 nitrogen and oxygen atoms in total. The molecule has 1 aromatic rings. The van der Waals surface area contributed by atoms with E-state index in [2.05, 4.69) is 9.99 Å². The van der Waals surface area contributed by atoms with E-state index in [9.17, 15) is 14.4 Å². The molecule has 0 saturated carbocycles. The van der Waals surface area contributed by atoms with Crippen molar-refractivity contribution in [1.29, 1.82) is 0 Å². The fourth-order valence-corrected chi connectivity index (χ4v) is 5.07. The lowest BCUT2D eigenvalue weighted by atomic mass is 10.2. The SMILES string of the molecule is CC(=O)ON=C[C@@H]1CSCN1C(=O)[C@@H]1CSCN1C(=O)OCc1ccccc1. The van der Waals surface area contributed by atoms with Crippen molar-refractivity contribution in [2.24, 2.45) is 5.16 Å². The Bertz CT molecular complexity index is 746. The Morgan fingerprint density at radius 3 is 2.61 bits per heavy atom. The Kier molecular flexibility index (Phi) is 7.21. The molecule has 150 valence electrons. The van der Waals surface area contributed by atoms with Crippen LogP contribution in [0.4, 0.5) is 4.79 Å². The molecular formula is C18H21N3O5S2. The maximum atomic E-state index is 13.0.